The highest BCUT2D eigenvalue weighted by Gasteiger charge is 2.18. The molecule has 0 saturated carbocycles. The second-order valence-electron chi connectivity index (χ2n) is 5.56. The standard InChI is InChI=1S/C17H13ClFN3O3S/c18-13-4-2-1-3-10(13)6-16(23)22-12-5-11-8-21-9-14(19)17(11)15(7-12)26(20,24)25/h1-5,7-9H,6H2,(H,22,23)(H2,20,24,25). The van der Waals surface area contributed by atoms with Gasteiger partial charge in [-0.05, 0) is 23.8 Å². The second-order valence-corrected chi connectivity index (χ2v) is 7.49. The molecule has 0 atom stereocenters. The fourth-order valence-electron chi connectivity index (χ4n) is 2.56. The second kappa shape index (κ2) is 6.99. The number of carbonyl (C=O) groups is 1. The molecular weight excluding hydrogens is 381 g/mol. The lowest BCUT2D eigenvalue weighted by molar-refractivity contribution is -0.115. The lowest BCUT2D eigenvalue weighted by atomic mass is 10.1. The van der Waals surface area contributed by atoms with Gasteiger partial charge in [-0.15, -0.1) is 0 Å². The van der Waals surface area contributed by atoms with Crippen molar-refractivity contribution in [2.24, 2.45) is 5.14 Å². The van der Waals surface area contributed by atoms with E-state index in [9.17, 15) is 17.6 Å². The van der Waals surface area contributed by atoms with Crippen LogP contribution in [0, 0.1) is 5.82 Å². The normalized spacial score (nSPS) is 11.5. The fraction of sp³-hybridized carbons (Fsp3) is 0.0588. The average Bonchev–Trinajstić information content (AvgIpc) is 2.55. The number of primary sulfonamides is 1. The maximum absolute atomic E-state index is 14.0. The Kier molecular flexibility index (Phi) is 4.90. The monoisotopic (exact) mass is 393 g/mol. The van der Waals surface area contributed by atoms with Crippen molar-refractivity contribution < 1.29 is 17.6 Å². The summed E-state index contributed by atoms with van der Waals surface area (Å²) in [5.74, 6) is -1.23. The summed E-state index contributed by atoms with van der Waals surface area (Å²) in [6.45, 7) is 0. The number of carbonyl (C=O) groups excluding carboxylic acids is 1. The van der Waals surface area contributed by atoms with Crippen molar-refractivity contribution in [1.29, 1.82) is 0 Å². The van der Waals surface area contributed by atoms with Crippen LogP contribution in [0.4, 0.5) is 10.1 Å². The van der Waals surface area contributed by atoms with Crippen molar-refractivity contribution in [2.75, 3.05) is 5.32 Å². The van der Waals surface area contributed by atoms with Crippen LogP contribution in [0.2, 0.25) is 5.02 Å². The number of rotatable bonds is 4. The van der Waals surface area contributed by atoms with Gasteiger partial charge in [-0.3, -0.25) is 9.78 Å². The third-order valence-electron chi connectivity index (χ3n) is 3.67. The molecule has 3 rings (SSSR count). The van der Waals surface area contributed by atoms with Gasteiger partial charge in [0, 0.05) is 27.7 Å². The predicted octanol–water partition coefficient (Wildman–Crippen LogP) is 2.86. The number of nitrogens with two attached hydrogens (primary N) is 1. The number of nitrogens with zero attached hydrogens (tertiary/aromatic N) is 1. The van der Waals surface area contributed by atoms with Crippen LogP contribution in [-0.4, -0.2) is 19.3 Å². The number of fused-ring (bicyclic) bond motifs is 1. The molecule has 0 bridgehead atoms. The quantitative estimate of drug-likeness (QED) is 0.711. The van der Waals surface area contributed by atoms with E-state index in [4.69, 9.17) is 16.7 Å². The molecule has 0 radical (unpaired) electrons. The molecule has 0 aliphatic rings. The zero-order chi connectivity index (χ0) is 18.9. The van der Waals surface area contributed by atoms with E-state index in [0.717, 1.165) is 12.3 Å². The van der Waals surface area contributed by atoms with Gasteiger partial charge in [-0.25, -0.2) is 17.9 Å². The smallest absolute Gasteiger partial charge is 0.238 e. The Bertz CT molecular complexity index is 1120. The maximum atomic E-state index is 14.0. The van der Waals surface area contributed by atoms with Crippen molar-refractivity contribution in [1.82, 2.24) is 4.98 Å². The third-order valence-corrected chi connectivity index (χ3v) is 4.98. The summed E-state index contributed by atoms with van der Waals surface area (Å²) in [6, 6.07) is 9.39. The van der Waals surface area contributed by atoms with Crippen molar-refractivity contribution in [3.05, 3.63) is 65.2 Å². The van der Waals surface area contributed by atoms with Crippen LogP contribution in [0.25, 0.3) is 10.8 Å². The third kappa shape index (κ3) is 3.82. The molecule has 9 heteroatoms. The molecule has 0 saturated heterocycles. The van der Waals surface area contributed by atoms with E-state index in [1.807, 2.05) is 0 Å². The number of benzene rings is 2. The lowest BCUT2D eigenvalue weighted by Gasteiger charge is -2.11. The van der Waals surface area contributed by atoms with Gasteiger partial charge in [-0.2, -0.15) is 0 Å². The van der Waals surface area contributed by atoms with Crippen molar-refractivity contribution in [3.8, 4) is 0 Å². The number of halogens is 2. The number of aromatic nitrogens is 1. The Balaban J connectivity index is 1.98. The number of amides is 1. The average molecular weight is 394 g/mol. The molecule has 1 heterocycles. The zero-order valence-corrected chi connectivity index (χ0v) is 14.8. The Labute approximate surface area is 153 Å². The minimum Gasteiger partial charge on any atom is -0.326 e. The summed E-state index contributed by atoms with van der Waals surface area (Å²) in [4.78, 5) is 15.5. The van der Waals surface area contributed by atoms with E-state index >= 15 is 0 Å². The van der Waals surface area contributed by atoms with Crippen LogP contribution in [0.1, 0.15) is 5.56 Å². The van der Waals surface area contributed by atoms with Gasteiger partial charge in [0.1, 0.15) is 0 Å². The first-order valence-corrected chi connectivity index (χ1v) is 9.31. The van der Waals surface area contributed by atoms with Gasteiger partial charge < -0.3 is 5.32 Å². The summed E-state index contributed by atoms with van der Waals surface area (Å²) in [5.41, 5.74) is 0.776. The molecule has 1 aromatic heterocycles. The first-order chi connectivity index (χ1) is 12.3. The number of hydrogen-bond acceptors (Lipinski definition) is 4. The number of hydrogen-bond donors (Lipinski definition) is 2. The van der Waals surface area contributed by atoms with E-state index in [-0.39, 0.29) is 22.9 Å². The van der Waals surface area contributed by atoms with E-state index in [1.165, 1.54) is 12.3 Å². The SMILES string of the molecule is NS(=O)(=O)c1cc(NC(=O)Cc2ccccc2Cl)cc2cncc(F)c12. The van der Waals surface area contributed by atoms with Crippen molar-refractivity contribution in [2.45, 2.75) is 11.3 Å². The van der Waals surface area contributed by atoms with Gasteiger partial charge in [-0.1, -0.05) is 29.8 Å². The lowest BCUT2D eigenvalue weighted by Crippen LogP contribution is -2.17. The number of pyridine rings is 1. The molecule has 0 aliphatic carbocycles. The van der Waals surface area contributed by atoms with E-state index in [0.29, 0.717) is 10.6 Å². The number of nitrogens with one attached hydrogen (secondary N) is 1. The maximum Gasteiger partial charge on any atom is 0.238 e. The Hall–Kier alpha value is -2.55. The molecule has 26 heavy (non-hydrogen) atoms. The first-order valence-electron chi connectivity index (χ1n) is 7.39. The Morgan fingerprint density at radius 1 is 1.23 bits per heavy atom. The molecule has 0 aliphatic heterocycles. The summed E-state index contributed by atoms with van der Waals surface area (Å²) >= 11 is 6.03. The summed E-state index contributed by atoms with van der Waals surface area (Å²) in [5, 5.41) is 8.23. The number of anilines is 1. The van der Waals surface area contributed by atoms with Gasteiger partial charge in [0.15, 0.2) is 5.82 Å². The Morgan fingerprint density at radius 3 is 2.65 bits per heavy atom. The van der Waals surface area contributed by atoms with Crippen LogP contribution in [0.3, 0.4) is 0 Å². The molecule has 1 amide bonds. The molecule has 134 valence electrons. The van der Waals surface area contributed by atoms with Crippen molar-refractivity contribution >= 4 is 44.0 Å². The highest BCUT2D eigenvalue weighted by atomic mass is 35.5. The van der Waals surface area contributed by atoms with Gasteiger partial charge in [0.25, 0.3) is 0 Å². The van der Waals surface area contributed by atoms with E-state index in [2.05, 4.69) is 10.3 Å². The van der Waals surface area contributed by atoms with E-state index in [1.54, 1.807) is 24.3 Å². The zero-order valence-electron chi connectivity index (χ0n) is 13.2. The topological polar surface area (TPSA) is 102 Å². The summed E-state index contributed by atoms with van der Waals surface area (Å²) < 4.78 is 37.7. The Morgan fingerprint density at radius 2 is 1.96 bits per heavy atom. The predicted molar refractivity (Wildman–Crippen MR) is 96.9 cm³/mol. The van der Waals surface area contributed by atoms with Crippen molar-refractivity contribution in [3.63, 3.8) is 0 Å². The van der Waals surface area contributed by atoms with Crippen LogP contribution in [0.5, 0.6) is 0 Å². The first kappa shape index (κ1) is 18.2. The molecule has 0 unspecified atom stereocenters. The molecule has 2 aromatic carbocycles. The van der Waals surface area contributed by atoms with E-state index < -0.39 is 26.6 Å². The van der Waals surface area contributed by atoms with Gasteiger partial charge in [0.05, 0.1) is 17.5 Å². The van der Waals surface area contributed by atoms with Crippen LogP contribution in [0.15, 0.2) is 53.7 Å². The molecule has 0 spiro atoms. The summed E-state index contributed by atoms with van der Waals surface area (Å²) in [6.07, 6.45) is 2.17. The summed E-state index contributed by atoms with van der Waals surface area (Å²) in [7, 11) is -4.22. The van der Waals surface area contributed by atoms with Crippen LogP contribution in [-0.2, 0) is 21.2 Å². The molecule has 3 aromatic rings. The highest BCUT2D eigenvalue weighted by molar-refractivity contribution is 7.89. The highest BCUT2D eigenvalue weighted by Crippen LogP contribution is 2.28. The minimum atomic E-state index is -4.22. The largest absolute Gasteiger partial charge is 0.326 e. The molecule has 3 N–H and O–H groups in total. The molecular formula is C17H13ClFN3O3S. The minimum absolute atomic E-state index is 0.0101. The van der Waals surface area contributed by atoms with Crippen LogP contribution < -0.4 is 10.5 Å². The fourth-order valence-corrected chi connectivity index (χ4v) is 3.55. The molecule has 0 fully saturated rings. The molecule has 6 nitrogen and oxygen atoms in total. The van der Waals surface area contributed by atoms with Gasteiger partial charge in [0.2, 0.25) is 15.9 Å². The van der Waals surface area contributed by atoms with Gasteiger partial charge >= 0.3 is 0 Å². The number of sulfonamides is 1. The van der Waals surface area contributed by atoms with Crippen LogP contribution >= 0.6 is 11.6 Å².